The maximum Gasteiger partial charge on any atom is 0.408 e. The molecule has 0 radical (unpaired) electrons. The first-order valence-electron chi connectivity index (χ1n) is 6.97. The van der Waals surface area contributed by atoms with Gasteiger partial charge < -0.3 is 20.1 Å². The third-order valence-electron chi connectivity index (χ3n) is 2.54. The molecule has 0 rings (SSSR count). The molecule has 8 heteroatoms. The van der Waals surface area contributed by atoms with Crippen LogP contribution in [0.4, 0.5) is 4.79 Å². The van der Waals surface area contributed by atoms with Crippen LogP contribution < -0.4 is 10.6 Å². The fourth-order valence-electron chi connectivity index (χ4n) is 1.47. The Hall–Kier alpha value is -1.44. The van der Waals surface area contributed by atoms with Gasteiger partial charge in [0.1, 0.15) is 17.7 Å². The van der Waals surface area contributed by atoms with E-state index < -0.39 is 35.7 Å². The number of alkyl carbamates (subject to hydrolysis) is 1. The summed E-state index contributed by atoms with van der Waals surface area (Å²) in [6, 6.07) is -1.55. The highest BCUT2D eigenvalue weighted by Gasteiger charge is 2.25. The van der Waals surface area contributed by atoms with Crippen LogP contribution in [0.2, 0.25) is 0 Å². The van der Waals surface area contributed by atoms with Crippen molar-refractivity contribution in [3.05, 3.63) is 0 Å². The van der Waals surface area contributed by atoms with E-state index in [9.17, 15) is 14.4 Å². The van der Waals surface area contributed by atoms with E-state index in [-0.39, 0.29) is 0 Å². The maximum atomic E-state index is 12.0. The highest BCUT2D eigenvalue weighted by molar-refractivity contribution is 7.98. The van der Waals surface area contributed by atoms with Gasteiger partial charge >= 0.3 is 12.1 Å². The van der Waals surface area contributed by atoms with Crippen molar-refractivity contribution in [2.24, 2.45) is 0 Å². The highest BCUT2D eigenvalue weighted by atomic mass is 32.2. The summed E-state index contributed by atoms with van der Waals surface area (Å²) in [5.74, 6) is -0.275. The lowest BCUT2D eigenvalue weighted by Crippen LogP contribution is -2.51. The Balaban J connectivity index is 4.52. The molecular formula is C14H26N2O5S. The van der Waals surface area contributed by atoms with Crippen LogP contribution in [0.5, 0.6) is 0 Å². The molecule has 0 aromatic heterocycles. The lowest BCUT2D eigenvalue weighted by Gasteiger charge is -2.23. The Kier molecular flexibility index (Phi) is 8.93. The second-order valence-corrected chi connectivity index (χ2v) is 6.72. The van der Waals surface area contributed by atoms with Gasteiger partial charge in [-0.2, -0.15) is 11.8 Å². The van der Waals surface area contributed by atoms with E-state index in [1.165, 1.54) is 14.0 Å². The molecule has 2 amide bonds. The molecule has 0 aliphatic rings. The van der Waals surface area contributed by atoms with Gasteiger partial charge in [0.05, 0.1) is 7.11 Å². The average molecular weight is 334 g/mol. The van der Waals surface area contributed by atoms with E-state index >= 15 is 0 Å². The zero-order valence-electron chi connectivity index (χ0n) is 14.0. The lowest BCUT2D eigenvalue weighted by atomic mass is 10.2. The normalized spacial score (nSPS) is 13.7. The molecule has 7 nitrogen and oxygen atoms in total. The first-order valence-corrected chi connectivity index (χ1v) is 8.36. The van der Waals surface area contributed by atoms with Gasteiger partial charge in [0.2, 0.25) is 5.91 Å². The molecule has 0 aromatic carbocycles. The van der Waals surface area contributed by atoms with Crippen LogP contribution in [-0.4, -0.2) is 54.8 Å². The molecule has 0 saturated heterocycles. The smallest absolute Gasteiger partial charge is 0.408 e. The molecule has 2 N–H and O–H groups in total. The van der Waals surface area contributed by atoms with Crippen LogP contribution in [0.1, 0.15) is 34.1 Å². The van der Waals surface area contributed by atoms with Crippen molar-refractivity contribution in [2.45, 2.75) is 51.8 Å². The summed E-state index contributed by atoms with van der Waals surface area (Å²) in [6.07, 6.45) is 1.68. The Bertz CT molecular complexity index is 395. The number of amides is 2. The SMILES string of the molecule is COC(=O)[C@H](CCSC)NC(=O)[C@H](C)NC(=O)OC(C)(C)C. The molecule has 0 bridgehead atoms. The average Bonchev–Trinajstić information content (AvgIpc) is 2.39. The number of ether oxygens (including phenoxy) is 2. The van der Waals surface area contributed by atoms with Crippen LogP contribution in [0.3, 0.4) is 0 Å². The number of thioether (sulfide) groups is 1. The summed E-state index contributed by atoms with van der Waals surface area (Å²) in [4.78, 5) is 35.3. The minimum atomic E-state index is -0.823. The summed E-state index contributed by atoms with van der Waals surface area (Å²) < 4.78 is 9.73. The Morgan fingerprint density at radius 3 is 2.23 bits per heavy atom. The summed E-state index contributed by atoms with van der Waals surface area (Å²) in [7, 11) is 1.27. The van der Waals surface area contributed by atoms with Crippen molar-refractivity contribution in [3.8, 4) is 0 Å². The summed E-state index contributed by atoms with van der Waals surface area (Å²) in [5.41, 5.74) is -0.646. The van der Waals surface area contributed by atoms with Crippen molar-refractivity contribution in [1.29, 1.82) is 0 Å². The Morgan fingerprint density at radius 2 is 1.77 bits per heavy atom. The van der Waals surface area contributed by atoms with Gasteiger partial charge in [-0.05, 0) is 46.1 Å². The van der Waals surface area contributed by atoms with Gasteiger partial charge in [-0.3, -0.25) is 4.79 Å². The number of hydrogen-bond donors (Lipinski definition) is 2. The van der Waals surface area contributed by atoms with Crippen molar-refractivity contribution in [2.75, 3.05) is 19.1 Å². The predicted octanol–water partition coefficient (Wildman–Crippen LogP) is 1.31. The largest absolute Gasteiger partial charge is 0.467 e. The van der Waals surface area contributed by atoms with E-state index in [4.69, 9.17) is 4.74 Å². The van der Waals surface area contributed by atoms with Crippen molar-refractivity contribution in [3.63, 3.8) is 0 Å². The Morgan fingerprint density at radius 1 is 1.18 bits per heavy atom. The fourth-order valence-corrected chi connectivity index (χ4v) is 1.94. The summed E-state index contributed by atoms with van der Waals surface area (Å²) in [6.45, 7) is 6.70. The Labute approximate surface area is 135 Å². The quantitative estimate of drug-likeness (QED) is 0.682. The number of esters is 1. The van der Waals surface area contributed by atoms with Gasteiger partial charge in [-0.1, -0.05) is 0 Å². The molecule has 0 heterocycles. The third-order valence-corrected chi connectivity index (χ3v) is 3.18. The predicted molar refractivity (Wildman–Crippen MR) is 85.8 cm³/mol. The molecule has 128 valence electrons. The zero-order valence-corrected chi connectivity index (χ0v) is 14.8. The number of rotatable bonds is 7. The third kappa shape index (κ3) is 8.76. The standard InChI is InChI=1S/C14H26N2O5S/c1-9(15-13(19)21-14(2,3)4)11(17)16-10(7-8-22-6)12(18)20-5/h9-10H,7-8H2,1-6H3,(H,15,19)(H,16,17)/t9-,10-/m0/s1. The van der Waals surface area contributed by atoms with Crippen molar-refractivity contribution < 1.29 is 23.9 Å². The van der Waals surface area contributed by atoms with Gasteiger partial charge in [-0.15, -0.1) is 0 Å². The van der Waals surface area contributed by atoms with Gasteiger partial charge in [0, 0.05) is 0 Å². The first kappa shape index (κ1) is 20.6. The van der Waals surface area contributed by atoms with E-state index in [0.717, 1.165) is 0 Å². The van der Waals surface area contributed by atoms with E-state index in [1.807, 2.05) is 6.26 Å². The van der Waals surface area contributed by atoms with E-state index in [2.05, 4.69) is 15.4 Å². The lowest BCUT2D eigenvalue weighted by molar-refractivity contribution is -0.145. The monoisotopic (exact) mass is 334 g/mol. The van der Waals surface area contributed by atoms with E-state index in [1.54, 1.807) is 32.5 Å². The summed E-state index contributed by atoms with van der Waals surface area (Å²) >= 11 is 1.56. The number of methoxy groups -OCH3 is 1. The second kappa shape index (κ2) is 9.55. The first-order chi connectivity index (χ1) is 10.1. The number of hydrogen-bond acceptors (Lipinski definition) is 6. The topological polar surface area (TPSA) is 93.7 Å². The minimum absolute atomic E-state index is 0.457. The van der Waals surface area contributed by atoms with Crippen LogP contribution in [-0.2, 0) is 19.1 Å². The maximum absolute atomic E-state index is 12.0. The van der Waals surface area contributed by atoms with Crippen LogP contribution >= 0.6 is 11.8 Å². The van der Waals surface area contributed by atoms with Crippen LogP contribution in [0, 0.1) is 0 Å². The van der Waals surface area contributed by atoms with Crippen LogP contribution in [0.15, 0.2) is 0 Å². The molecule has 0 fully saturated rings. The molecule has 2 atom stereocenters. The second-order valence-electron chi connectivity index (χ2n) is 5.73. The molecule has 0 saturated carbocycles. The molecule has 0 unspecified atom stereocenters. The number of carbonyl (C=O) groups excluding carboxylic acids is 3. The number of nitrogens with one attached hydrogen (secondary N) is 2. The molecule has 22 heavy (non-hydrogen) atoms. The molecular weight excluding hydrogens is 308 g/mol. The molecule has 0 aromatic rings. The molecule has 0 spiro atoms. The summed E-state index contributed by atoms with van der Waals surface area (Å²) in [5, 5.41) is 5.00. The fraction of sp³-hybridized carbons (Fsp3) is 0.786. The van der Waals surface area contributed by atoms with E-state index in [0.29, 0.717) is 12.2 Å². The van der Waals surface area contributed by atoms with Crippen molar-refractivity contribution in [1.82, 2.24) is 10.6 Å². The minimum Gasteiger partial charge on any atom is -0.467 e. The molecule has 0 aliphatic heterocycles. The number of carbonyl (C=O) groups is 3. The van der Waals surface area contributed by atoms with Gasteiger partial charge in [0.15, 0.2) is 0 Å². The molecule has 0 aliphatic carbocycles. The zero-order chi connectivity index (χ0) is 17.3. The van der Waals surface area contributed by atoms with Crippen molar-refractivity contribution >= 4 is 29.7 Å². The van der Waals surface area contributed by atoms with Gasteiger partial charge in [-0.25, -0.2) is 9.59 Å². The highest BCUT2D eigenvalue weighted by Crippen LogP contribution is 2.07. The van der Waals surface area contributed by atoms with Crippen LogP contribution in [0.25, 0.3) is 0 Å². The van der Waals surface area contributed by atoms with Gasteiger partial charge in [0.25, 0.3) is 0 Å².